The van der Waals surface area contributed by atoms with Gasteiger partial charge >= 0.3 is 0 Å². The van der Waals surface area contributed by atoms with Crippen molar-refractivity contribution in [2.45, 2.75) is 13.0 Å². The molecule has 1 amide bonds. The van der Waals surface area contributed by atoms with Crippen LogP contribution in [0, 0.1) is 5.82 Å². The average Bonchev–Trinajstić information content (AvgIpc) is 3.31. The lowest BCUT2D eigenvalue weighted by Gasteiger charge is -2.12. The molecule has 0 bridgehead atoms. The van der Waals surface area contributed by atoms with Crippen LogP contribution < -0.4 is 15.4 Å². The monoisotopic (exact) mass is 372 g/mol. The summed E-state index contributed by atoms with van der Waals surface area (Å²) >= 11 is 0. The number of aromatic nitrogens is 4. The van der Waals surface area contributed by atoms with Crippen molar-refractivity contribution < 1.29 is 18.7 Å². The van der Waals surface area contributed by atoms with Gasteiger partial charge in [-0.2, -0.15) is 0 Å². The number of hydrogen-bond donors (Lipinski definition) is 2. The molecule has 2 aromatic heterocycles. The van der Waals surface area contributed by atoms with Crippen molar-refractivity contribution in [2.24, 2.45) is 0 Å². The Kier molecular flexibility index (Phi) is 4.55. The zero-order chi connectivity index (χ0) is 18.8. The number of nitrogens with zero attached hydrogens (tertiary/aromatic N) is 4. The molecule has 10 heteroatoms. The summed E-state index contributed by atoms with van der Waals surface area (Å²) in [5, 5.41) is 13.6. The number of amides is 1. The molecule has 140 valence electrons. The summed E-state index contributed by atoms with van der Waals surface area (Å²) in [6.07, 6.45) is 3.60. The Labute approximate surface area is 153 Å². The van der Waals surface area contributed by atoms with Crippen LogP contribution in [0.1, 0.15) is 11.1 Å². The third kappa shape index (κ3) is 3.26. The molecule has 9 nitrogen and oxygen atoms in total. The molecule has 3 heterocycles. The predicted molar refractivity (Wildman–Crippen MR) is 94.2 cm³/mol. The number of halogens is 1. The van der Waals surface area contributed by atoms with Gasteiger partial charge in [-0.15, -0.1) is 10.2 Å². The molecule has 3 aromatic rings. The normalized spacial score (nSPS) is 12.7. The van der Waals surface area contributed by atoms with Crippen LogP contribution in [0.15, 0.2) is 24.7 Å². The van der Waals surface area contributed by atoms with Crippen LogP contribution >= 0.6 is 0 Å². The molecule has 0 unspecified atom stereocenters. The Bertz CT molecular complexity index is 1010. The fraction of sp³-hybridized carbons (Fsp3) is 0.294. The van der Waals surface area contributed by atoms with Crippen molar-refractivity contribution in [3.63, 3.8) is 0 Å². The number of hydrogen-bond acceptors (Lipinski definition) is 7. The minimum absolute atomic E-state index is 0.0826. The number of carbonyl (C=O) groups is 1. The van der Waals surface area contributed by atoms with Gasteiger partial charge in [0.2, 0.25) is 11.9 Å². The Morgan fingerprint density at radius 2 is 2.33 bits per heavy atom. The molecule has 0 saturated heterocycles. The van der Waals surface area contributed by atoms with Crippen LogP contribution in [0.2, 0.25) is 0 Å². The van der Waals surface area contributed by atoms with Gasteiger partial charge in [0.1, 0.15) is 30.2 Å². The van der Waals surface area contributed by atoms with E-state index in [1.807, 2.05) is 0 Å². The summed E-state index contributed by atoms with van der Waals surface area (Å²) in [5.74, 6) is 0.518. The highest BCUT2D eigenvalue weighted by molar-refractivity contribution is 5.95. The lowest BCUT2D eigenvalue weighted by Crippen LogP contribution is -2.18. The SMILES string of the molecule is COCC(=O)Nc1cnc(NCc2c(F)ccc3c2CCO3)n2cnnc12. The molecule has 2 N–H and O–H groups in total. The fourth-order valence-corrected chi connectivity index (χ4v) is 3.03. The van der Waals surface area contributed by atoms with E-state index in [1.54, 1.807) is 10.5 Å². The van der Waals surface area contributed by atoms with E-state index < -0.39 is 0 Å². The Hall–Kier alpha value is -3.27. The van der Waals surface area contributed by atoms with E-state index in [9.17, 15) is 9.18 Å². The third-order valence-corrected chi connectivity index (χ3v) is 4.25. The van der Waals surface area contributed by atoms with E-state index in [4.69, 9.17) is 9.47 Å². The minimum Gasteiger partial charge on any atom is -0.493 e. The molecule has 27 heavy (non-hydrogen) atoms. The molecule has 1 aliphatic heterocycles. The molecule has 1 aliphatic rings. The molecule has 0 spiro atoms. The zero-order valence-electron chi connectivity index (χ0n) is 14.5. The number of rotatable bonds is 6. The second-order valence-electron chi connectivity index (χ2n) is 5.96. The smallest absolute Gasteiger partial charge is 0.250 e. The maximum Gasteiger partial charge on any atom is 0.250 e. The van der Waals surface area contributed by atoms with Gasteiger partial charge in [-0.25, -0.2) is 13.8 Å². The second kappa shape index (κ2) is 7.16. The van der Waals surface area contributed by atoms with Crippen LogP contribution in [-0.4, -0.2) is 45.8 Å². The fourth-order valence-electron chi connectivity index (χ4n) is 3.03. The Morgan fingerprint density at radius 3 is 3.19 bits per heavy atom. The van der Waals surface area contributed by atoms with Gasteiger partial charge in [0.05, 0.1) is 12.8 Å². The number of ether oxygens (including phenoxy) is 2. The average molecular weight is 372 g/mol. The predicted octanol–water partition coefficient (Wildman–Crippen LogP) is 1.40. The zero-order valence-corrected chi connectivity index (χ0v) is 14.5. The Morgan fingerprint density at radius 1 is 1.44 bits per heavy atom. The summed E-state index contributed by atoms with van der Waals surface area (Å²) in [6, 6.07) is 3.05. The molecule has 1 aromatic carbocycles. The molecule has 4 rings (SSSR count). The summed E-state index contributed by atoms with van der Waals surface area (Å²) < 4.78 is 26.1. The van der Waals surface area contributed by atoms with Gasteiger partial charge in [0, 0.05) is 31.2 Å². The van der Waals surface area contributed by atoms with E-state index >= 15 is 0 Å². The summed E-state index contributed by atoms with van der Waals surface area (Å²) in [6.45, 7) is 0.699. The van der Waals surface area contributed by atoms with Crippen molar-refractivity contribution >= 4 is 23.2 Å². The second-order valence-corrected chi connectivity index (χ2v) is 5.96. The molecule has 0 saturated carbocycles. The Balaban J connectivity index is 1.58. The first kappa shape index (κ1) is 17.2. The number of methoxy groups -OCH3 is 1. The van der Waals surface area contributed by atoms with E-state index in [0.717, 1.165) is 5.56 Å². The van der Waals surface area contributed by atoms with Crippen molar-refractivity contribution in [3.8, 4) is 5.75 Å². The van der Waals surface area contributed by atoms with Gasteiger partial charge < -0.3 is 20.1 Å². The molecule has 0 atom stereocenters. The number of carbonyl (C=O) groups excluding carboxylic acids is 1. The van der Waals surface area contributed by atoms with Crippen LogP contribution in [0.4, 0.5) is 16.0 Å². The number of anilines is 2. The van der Waals surface area contributed by atoms with Crippen LogP contribution in [0.5, 0.6) is 5.75 Å². The van der Waals surface area contributed by atoms with E-state index in [1.165, 1.54) is 25.7 Å². The van der Waals surface area contributed by atoms with Gasteiger partial charge in [-0.1, -0.05) is 0 Å². The number of benzene rings is 1. The first-order valence-electron chi connectivity index (χ1n) is 8.32. The van der Waals surface area contributed by atoms with Crippen molar-refractivity contribution in [3.05, 3.63) is 41.6 Å². The maximum atomic E-state index is 14.3. The first-order valence-corrected chi connectivity index (χ1v) is 8.32. The van der Waals surface area contributed by atoms with Crippen molar-refractivity contribution in [1.82, 2.24) is 19.6 Å². The highest BCUT2D eigenvalue weighted by Crippen LogP contribution is 2.30. The lowest BCUT2D eigenvalue weighted by atomic mass is 10.0. The minimum atomic E-state index is -0.327. The first-order chi connectivity index (χ1) is 13.2. The van der Waals surface area contributed by atoms with Crippen molar-refractivity contribution in [1.29, 1.82) is 0 Å². The van der Waals surface area contributed by atoms with Crippen LogP contribution in [0.25, 0.3) is 5.65 Å². The number of fused-ring (bicyclic) bond motifs is 2. The third-order valence-electron chi connectivity index (χ3n) is 4.25. The molecular weight excluding hydrogens is 355 g/mol. The summed E-state index contributed by atoms with van der Waals surface area (Å²) in [5.41, 5.74) is 2.23. The summed E-state index contributed by atoms with van der Waals surface area (Å²) in [4.78, 5) is 16.0. The molecular formula is C17H17FN6O3. The lowest BCUT2D eigenvalue weighted by molar-refractivity contribution is -0.119. The maximum absolute atomic E-state index is 14.3. The molecule has 0 fully saturated rings. The van der Waals surface area contributed by atoms with Gasteiger partial charge in [0.25, 0.3) is 0 Å². The molecule has 0 aliphatic carbocycles. The quantitative estimate of drug-likeness (QED) is 0.674. The molecule has 0 radical (unpaired) electrons. The van der Waals surface area contributed by atoms with Crippen LogP contribution in [-0.2, 0) is 22.5 Å². The number of nitrogens with one attached hydrogen (secondary N) is 2. The topological polar surface area (TPSA) is 103 Å². The van der Waals surface area contributed by atoms with Crippen LogP contribution in [0.3, 0.4) is 0 Å². The van der Waals surface area contributed by atoms with Crippen molar-refractivity contribution in [2.75, 3.05) is 31.0 Å². The van der Waals surface area contributed by atoms with Gasteiger partial charge in [-0.3, -0.25) is 4.79 Å². The highest BCUT2D eigenvalue weighted by Gasteiger charge is 2.20. The largest absolute Gasteiger partial charge is 0.493 e. The van der Waals surface area contributed by atoms with Gasteiger partial charge in [-0.05, 0) is 12.1 Å². The van der Waals surface area contributed by atoms with Gasteiger partial charge in [0.15, 0.2) is 5.65 Å². The summed E-state index contributed by atoms with van der Waals surface area (Å²) in [7, 11) is 1.43. The van der Waals surface area contributed by atoms with E-state index in [0.29, 0.717) is 41.6 Å². The standard InChI is InChI=1S/C17H17FN6O3/c1-26-8-15(25)22-13-7-20-17(24-9-21-23-16(13)24)19-6-11-10-4-5-27-14(10)3-2-12(11)18/h2-3,7,9H,4-6,8H2,1H3,(H,19,20)(H,22,25). The highest BCUT2D eigenvalue weighted by atomic mass is 19.1. The van der Waals surface area contributed by atoms with E-state index in [-0.39, 0.29) is 24.9 Å². The van der Waals surface area contributed by atoms with E-state index in [2.05, 4.69) is 25.8 Å².